The minimum Gasteiger partial charge on any atom is -0.496 e. The smallest absolute Gasteiger partial charge is 0.124 e. The quantitative estimate of drug-likeness (QED) is 0.826. The van der Waals surface area contributed by atoms with E-state index >= 15 is 0 Å². The van der Waals surface area contributed by atoms with Gasteiger partial charge in [0, 0.05) is 5.56 Å². The number of methoxy groups -OCH3 is 1. The Morgan fingerprint density at radius 1 is 1.31 bits per heavy atom. The van der Waals surface area contributed by atoms with Crippen molar-refractivity contribution in [2.24, 2.45) is 11.8 Å². The molecule has 0 aliphatic heterocycles. The van der Waals surface area contributed by atoms with Crippen LogP contribution in [0.25, 0.3) is 0 Å². The van der Waals surface area contributed by atoms with E-state index in [0.29, 0.717) is 11.8 Å². The monoisotopic (exact) mass is 218 g/mol. The van der Waals surface area contributed by atoms with Crippen molar-refractivity contribution in [3.05, 3.63) is 29.3 Å². The van der Waals surface area contributed by atoms with Gasteiger partial charge in [-0.1, -0.05) is 18.1 Å². The first kappa shape index (κ1) is 10.2. The third-order valence-electron chi connectivity index (χ3n) is 4.32. The number of aryl methyl sites for hydroxylation is 1. The Morgan fingerprint density at radius 3 is 2.62 bits per heavy atom. The van der Waals surface area contributed by atoms with Gasteiger partial charge in [-0.05, 0) is 43.7 Å². The molecule has 2 aliphatic carbocycles. The molecule has 2 aliphatic rings. The van der Waals surface area contributed by atoms with Crippen LogP contribution in [0.3, 0.4) is 0 Å². The third-order valence-corrected chi connectivity index (χ3v) is 4.32. The van der Waals surface area contributed by atoms with Crippen molar-refractivity contribution in [2.45, 2.75) is 31.8 Å². The van der Waals surface area contributed by atoms with Gasteiger partial charge in [0.1, 0.15) is 5.75 Å². The molecule has 0 amide bonds. The Hall–Kier alpha value is -1.02. The number of rotatable bonds is 2. The zero-order valence-corrected chi connectivity index (χ0v) is 9.86. The zero-order chi connectivity index (χ0) is 11.3. The lowest BCUT2D eigenvalue weighted by Gasteiger charge is -2.18. The summed E-state index contributed by atoms with van der Waals surface area (Å²) in [5.41, 5.74) is 1.61. The summed E-state index contributed by atoms with van der Waals surface area (Å²) < 4.78 is 5.37. The first-order valence-corrected chi connectivity index (χ1v) is 6.05. The molecule has 16 heavy (non-hydrogen) atoms. The van der Waals surface area contributed by atoms with Crippen LogP contribution in [-0.4, -0.2) is 12.2 Å². The lowest BCUT2D eigenvalue weighted by atomic mass is 9.96. The fourth-order valence-corrected chi connectivity index (χ4v) is 3.46. The minimum absolute atomic E-state index is 0.475. The van der Waals surface area contributed by atoms with Crippen molar-refractivity contribution in [2.75, 3.05) is 7.11 Å². The van der Waals surface area contributed by atoms with Crippen LogP contribution in [-0.2, 0) is 5.60 Å². The molecular weight excluding hydrogens is 200 g/mol. The number of hydrogen-bond donors (Lipinski definition) is 1. The van der Waals surface area contributed by atoms with Crippen molar-refractivity contribution in [1.29, 1.82) is 0 Å². The van der Waals surface area contributed by atoms with Crippen molar-refractivity contribution < 1.29 is 9.84 Å². The minimum atomic E-state index is -0.588. The van der Waals surface area contributed by atoms with Crippen LogP contribution >= 0.6 is 0 Å². The molecule has 0 heterocycles. The zero-order valence-electron chi connectivity index (χ0n) is 9.86. The van der Waals surface area contributed by atoms with Crippen LogP contribution in [0.1, 0.15) is 30.4 Å². The predicted molar refractivity (Wildman–Crippen MR) is 62.5 cm³/mol. The number of ether oxygens (including phenoxy) is 1. The molecule has 1 N–H and O–H groups in total. The number of hydrogen-bond acceptors (Lipinski definition) is 2. The van der Waals surface area contributed by atoms with Gasteiger partial charge < -0.3 is 9.84 Å². The molecule has 0 bridgehead atoms. The molecule has 2 heteroatoms. The normalized spacial score (nSPS) is 35.9. The van der Waals surface area contributed by atoms with Crippen LogP contribution in [0.2, 0.25) is 0 Å². The second-order valence-corrected chi connectivity index (χ2v) is 5.17. The van der Waals surface area contributed by atoms with Gasteiger partial charge in [0.25, 0.3) is 0 Å². The van der Waals surface area contributed by atoms with E-state index in [1.807, 2.05) is 12.1 Å². The van der Waals surface area contributed by atoms with Crippen molar-refractivity contribution in [3.8, 4) is 5.75 Å². The molecule has 3 rings (SSSR count). The second kappa shape index (κ2) is 3.24. The molecule has 2 nitrogen and oxygen atoms in total. The average molecular weight is 218 g/mol. The molecule has 0 saturated heterocycles. The van der Waals surface area contributed by atoms with Crippen LogP contribution in [0.5, 0.6) is 5.75 Å². The number of fused-ring (bicyclic) bond motifs is 1. The molecule has 0 radical (unpaired) electrons. The molecule has 1 aromatic carbocycles. The van der Waals surface area contributed by atoms with Gasteiger partial charge in [0.05, 0.1) is 12.7 Å². The number of benzene rings is 1. The Kier molecular flexibility index (Phi) is 2.05. The van der Waals surface area contributed by atoms with Crippen molar-refractivity contribution in [1.82, 2.24) is 0 Å². The van der Waals surface area contributed by atoms with Gasteiger partial charge in [0.2, 0.25) is 0 Å². The van der Waals surface area contributed by atoms with E-state index in [1.165, 1.54) is 12.0 Å². The molecule has 0 aromatic heterocycles. The fraction of sp³-hybridized carbons (Fsp3) is 0.571. The maximum absolute atomic E-state index is 10.7. The van der Waals surface area contributed by atoms with Crippen LogP contribution < -0.4 is 4.74 Å². The van der Waals surface area contributed by atoms with Crippen LogP contribution in [0.15, 0.2) is 18.2 Å². The highest BCUT2D eigenvalue weighted by atomic mass is 16.5. The molecule has 2 saturated carbocycles. The van der Waals surface area contributed by atoms with E-state index in [2.05, 4.69) is 13.0 Å². The summed E-state index contributed by atoms with van der Waals surface area (Å²) >= 11 is 0. The first-order valence-electron chi connectivity index (χ1n) is 6.05. The molecule has 1 aromatic rings. The van der Waals surface area contributed by atoms with E-state index in [-0.39, 0.29) is 0 Å². The summed E-state index contributed by atoms with van der Waals surface area (Å²) in [6, 6.07) is 6.08. The predicted octanol–water partition coefficient (Wildman–Crippen LogP) is 2.62. The molecule has 2 atom stereocenters. The van der Waals surface area contributed by atoms with Crippen LogP contribution in [0.4, 0.5) is 0 Å². The third kappa shape index (κ3) is 1.17. The molecule has 2 unspecified atom stereocenters. The number of aliphatic hydroxyl groups is 1. The van der Waals surface area contributed by atoms with E-state index in [9.17, 15) is 5.11 Å². The maximum Gasteiger partial charge on any atom is 0.124 e. The van der Waals surface area contributed by atoms with Crippen molar-refractivity contribution >= 4 is 0 Å². The van der Waals surface area contributed by atoms with Gasteiger partial charge in [0.15, 0.2) is 0 Å². The highest BCUT2D eigenvalue weighted by Gasteiger charge is 2.67. The Labute approximate surface area is 96.2 Å². The fourth-order valence-electron chi connectivity index (χ4n) is 3.46. The standard InChI is InChI=1S/C14H18O2/c1-9-6-7-13(16-2)12(8-9)14(15)10-4-3-5-11(10)14/h6-8,10-11,15H,3-5H2,1-2H3. The highest BCUT2D eigenvalue weighted by Crippen LogP contribution is 2.67. The second-order valence-electron chi connectivity index (χ2n) is 5.17. The lowest BCUT2D eigenvalue weighted by molar-refractivity contribution is 0.102. The summed E-state index contributed by atoms with van der Waals surface area (Å²) in [6.07, 6.45) is 3.60. The maximum atomic E-state index is 10.7. The van der Waals surface area contributed by atoms with E-state index in [1.54, 1.807) is 7.11 Å². The average Bonchev–Trinajstić information content (AvgIpc) is 2.69. The van der Waals surface area contributed by atoms with Crippen molar-refractivity contribution in [3.63, 3.8) is 0 Å². The van der Waals surface area contributed by atoms with Gasteiger partial charge in [-0.2, -0.15) is 0 Å². The topological polar surface area (TPSA) is 29.5 Å². The van der Waals surface area contributed by atoms with Gasteiger partial charge in [-0.15, -0.1) is 0 Å². The summed E-state index contributed by atoms with van der Waals surface area (Å²) in [7, 11) is 1.68. The first-order chi connectivity index (χ1) is 7.67. The Bertz CT molecular complexity index is 415. The van der Waals surface area contributed by atoms with Gasteiger partial charge >= 0.3 is 0 Å². The SMILES string of the molecule is COc1ccc(C)cc1C1(O)C2CCCC21. The van der Waals surface area contributed by atoms with E-state index in [4.69, 9.17) is 4.74 Å². The van der Waals surface area contributed by atoms with Crippen LogP contribution in [0, 0.1) is 18.8 Å². The molecule has 2 fully saturated rings. The lowest BCUT2D eigenvalue weighted by Crippen LogP contribution is -2.14. The van der Waals surface area contributed by atoms with Gasteiger partial charge in [-0.3, -0.25) is 0 Å². The molecule has 0 spiro atoms. The summed E-state index contributed by atoms with van der Waals surface area (Å²) in [5.74, 6) is 1.79. The van der Waals surface area contributed by atoms with E-state index < -0.39 is 5.60 Å². The summed E-state index contributed by atoms with van der Waals surface area (Å²) in [6.45, 7) is 2.06. The van der Waals surface area contributed by atoms with E-state index in [0.717, 1.165) is 24.2 Å². The summed E-state index contributed by atoms with van der Waals surface area (Å²) in [5, 5.41) is 10.7. The Morgan fingerprint density at radius 2 is 2.00 bits per heavy atom. The highest BCUT2D eigenvalue weighted by molar-refractivity contribution is 5.46. The molecular formula is C14H18O2. The van der Waals surface area contributed by atoms with Gasteiger partial charge in [-0.25, -0.2) is 0 Å². The largest absolute Gasteiger partial charge is 0.496 e. The Balaban J connectivity index is 2.03. The molecule has 86 valence electrons. The summed E-state index contributed by atoms with van der Waals surface area (Å²) in [4.78, 5) is 0.